The van der Waals surface area contributed by atoms with E-state index in [9.17, 15) is 8.42 Å². The summed E-state index contributed by atoms with van der Waals surface area (Å²) in [6, 6.07) is 14.6. The van der Waals surface area contributed by atoms with Crippen LogP contribution in [-0.4, -0.2) is 39.0 Å². The van der Waals surface area contributed by atoms with E-state index in [-0.39, 0.29) is 6.10 Å². The van der Waals surface area contributed by atoms with Gasteiger partial charge in [0.25, 0.3) is 0 Å². The van der Waals surface area contributed by atoms with Gasteiger partial charge in [-0.25, -0.2) is 8.42 Å². The fourth-order valence-corrected chi connectivity index (χ4v) is 4.60. The molecule has 6 heteroatoms. The summed E-state index contributed by atoms with van der Waals surface area (Å²) in [5.41, 5.74) is 0.811. The molecule has 2 aromatic carbocycles. The molecule has 0 radical (unpaired) electrons. The van der Waals surface area contributed by atoms with Crippen LogP contribution in [0.25, 0.3) is 0 Å². The quantitative estimate of drug-likeness (QED) is 0.820. The van der Waals surface area contributed by atoms with Gasteiger partial charge >= 0.3 is 0 Å². The lowest BCUT2D eigenvalue weighted by Crippen LogP contribution is -2.41. The second-order valence-corrected chi connectivity index (χ2v) is 8.10. The van der Waals surface area contributed by atoms with Crippen LogP contribution < -0.4 is 9.47 Å². The average molecular weight is 361 g/mol. The number of benzene rings is 2. The molecule has 0 saturated carbocycles. The van der Waals surface area contributed by atoms with E-state index in [1.54, 1.807) is 29.6 Å². The summed E-state index contributed by atoms with van der Waals surface area (Å²) < 4.78 is 38.4. The van der Waals surface area contributed by atoms with Gasteiger partial charge in [-0.15, -0.1) is 0 Å². The number of hydrogen-bond acceptors (Lipinski definition) is 4. The molecule has 1 fully saturated rings. The van der Waals surface area contributed by atoms with Crippen molar-refractivity contribution in [3.8, 4) is 11.5 Å². The van der Waals surface area contributed by atoms with Crippen molar-refractivity contribution < 1.29 is 17.9 Å². The Morgan fingerprint density at radius 2 is 1.72 bits per heavy atom. The molecule has 134 valence electrons. The minimum atomic E-state index is -3.48. The highest BCUT2D eigenvalue weighted by Crippen LogP contribution is 2.26. The van der Waals surface area contributed by atoms with Crippen molar-refractivity contribution in [2.45, 2.75) is 30.8 Å². The number of aryl methyl sites for hydroxylation is 1. The Labute approximate surface area is 149 Å². The summed E-state index contributed by atoms with van der Waals surface area (Å²) in [5, 5.41) is 0. The number of hydrogen-bond donors (Lipinski definition) is 0. The lowest BCUT2D eigenvalue weighted by molar-refractivity contribution is 0.135. The average Bonchev–Trinajstić information content (AvgIpc) is 2.63. The largest absolute Gasteiger partial charge is 0.496 e. The topological polar surface area (TPSA) is 55.8 Å². The summed E-state index contributed by atoms with van der Waals surface area (Å²) in [7, 11) is -1.91. The predicted octanol–water partition coefficient (Wildman–Crippen LogP) is 3.24. The standard InChI is InChI=1S/C19H23NO4S/c1-15-14-18(8-9-19(15)23-2)25(21,22)20-12-10-17(11-13-20)24-16-6-4-3-5-7-16/h3-9,14,17H,10-13H2,1-2H3. The third-order valence-corrected chi connectivity index (χ3v) is 6.35. The van der Waals surface area contributed by atoms with Gasteiger partial charge < -0.3 is 9.47 Å². The summed E-state index contributed by atoms with van der Waals surface area (Å²) in [5.74, 6) is 1.52. The van der Waals surface area contributed by atoms with Gasteiger partial charge in [0.15, 0.2) is 0 Å². The van der Waals surface area contributed by atoms with Crippen LogP contribution in [0.4, 0.5) is 0 Å². The van der Waals surface area contributed by atoms with Gasteiger partial charge in [0.2, 0.25) is 10.0 Å². The molecule has 0 unspecified atom stereocenters. The maximum absolute atomic E-state index is 12.8. The van der Waals surface area contributed by atoms with E-state index < -0.39 is 10.0 Å². The van der Waals surface area contributed by atoms with E-state index >= 15 is 0 Å². The maximum atomic E-state index is 12.8. The fourth-order valence-electron chi connectivity index (χ4n) is 3.04. The van der Waals surface area contributed by atoms with Crippen LogP contribution in [-0.2, 0) is 10.0 Å². The first-order valence-electron chi connectivity index (χ1n) is 8.37. The van der Waals surface area contributed by atoms with E-state index in [1.807, 2.05) is 37.3 Å². The zero-order valence-electron chi connectivity index (χ0n) is 14.5. The van der Waals surface area contributed by atoms with Gasteiger partial charge in [0.05, 0.1) is 12.0 Å². The second kappa shape index (κ2) is 7.45. The van der Waals surface area contributed by atoms with Crippen molar-refractivity contribution in [3.63, 3.8) is 0 Å². The molecular weight excluding hydrogens is 338 g/mol. The number of nitrogens with zero attached hydrogens (tertiary/aromatic N) is 1. The first kappa shape index (κ1) is 17.8. The molecule has 0 atom stereocenters. The maximum Gasteiger partial charge on any atom is 0.243 e. The molecule has 0 aromatic heterocycles. The third-order valence-electron chi connectivity index (χ3n) is 4.45. The van der Waals surface area contributed by atoms with Crippen molar-refractivity contribution in [1.82, 2.24) is 4.31 Å². The zero-order valence-corrected chi connectivity index (χ0v) is 15.3. The normalized spacial score (nSPS) is 16.6. The number of ether oxygens (including phenoxy) is 2. The molecule has 0 N–H and O–H groups in total. The van der Waals surface area contributed by atoms with Crippen molar-refractivity contribution in [3.05, 3.63) is 54.1 Å². The van der Waals surface area contributed by atoms with Gasteiger partial charge in [-0.2, -0.15) is 4.31 Å². The Bertz CT molecular complexity index is 813. The van der Waals surface area contributed by atoms with Gasteiger partial charge in [-0.1, -0.05) is 18.2 Å². The Balaban J connectivity index is 1.66. The Morgan fingerprint density at radius 1 is 1.04 bits per heavy atom. The highest BCUT2D eigenvalue weighted by atomic mass is 32.2. The van der Waals surface area contributed by atoms with Crippen LogP contribution in [0.5, 0.6) is 11.5 Å². The van der Waals surface area contributed by atoms with Crippen LogP contribution in [0.3, 0.4) is 0 Å². The number of piperidine rings is 1. The molecule has 5 nitrogen and oxygen atoms in total. The number of para-hydroxylation sites is 1. The summed E-state index contributed by atoms with van der Waals surface area (Å²) in [6.45, 7) is 2.77. The molecule has 1 saturated heterocycles. The zero-order chi connectivity index (χ0) is 17.9. The fraction of sp³-hybridized carbons (Fsp3) is 0.368. The third kappa shape index (κ3) is 3.96. The Kier molecular flexibility index (Phi) is 5.30. The van der Waals surface area contributed by atoms with Gasteiger partial charge in [-0.05, 0) is 55.7 Å². The summed E-state index contributed by atoms with van der Waals surface area (Å²) in [6.07, 6.45) is 1.42. The number of sulfonamides is 1. The molecule has 1 heterocycles. The minimum absolute atomic E-state index is 0.0476. The van der Waals surface area contributed by atoms with Crippen molar-refractivity contribution in [2.24, 2.45) is 0 Å². The molecule has 3 rings (SSSR count). The smallest absolute Gasteiger partial charge is 0.243 e. The first-order valence-corrected chi connectivity index (χ1v) is 9.81. The van der Waals surface area contributed by atoms with Gasteiger partial charge in [-0.3, -0.25) is 0 Å². The van der Waals surface area contributed by atoms with Gasteiger partial charge in [0.1, 0.15) is 17.6 Å². The van der Waals surface area contributed by atoms with Gasteiger partial charge in [0, 0.05) is 13.1 Å². The van der Waals surface area contributed by atoms with Crippen LogP contribution in [0, 0.1) is 6.92 Å². The molecule has 0 amide bonds. The Hall–Kier alpha value is -2.05. The molecule has 0 spiro atoms. The van der Waals surface area contributed by atoms with Crippen molar-refractivity contribution >= 4 is 10.0 Å². The molecule has 0 aliphatic carbocycles. The monoisotopic (exact) mass is 361 g/mol. The predicted molar refractivity (Wildman–Crippen MR) is 96.6 cm³/mol. The summed E-state index contributed by atoms with van der Waals surface area (Å²) in [4.78, 5) is 0.313. The lowest BCUT2D eigenvalue weighted by Gasteiger charge is -2.31. The molecule has 1 aliphatic heterocycles. The molecule has 1 aliphatic rings. The highest BCUT2D eigenvalue weighted by Gasteiger charge is 2.30. The van der Waals surface area contributed by atoms with Crippen LogP contribution >= 0.6 is 0 Å². The van der Waals surface area contributed by atoms with Crippen LogP contribution in [0.2, 0.25) is 0 Å². The molecule has 2 aromatic rings. The number of rotatable bonds is 5. The minimum Gasteiger partial charge on any atom is -0.496 e. The molecule has 25 heavy (non-hydrogen) atoms. The SMILES string of the molecule is COc1ccc(S(=O)(=O)N2CCC(Oc3ccccc3)CC2)cc1C. The van der Waals surface area contributed by atoms with Crippen LogP contribution in [0.15, 0.2) is 53.4 Å². The molecule has 0 bridgehead atoms. The van der Waals surface area contributed by atoms with E-state index in [4.69, 9.17) is 9.47 Å². The van der Waals surface area contributed by atoms with E-state index in [0.29, 0.717) is 36.6 Å². The number of methoxy groups -OCH3 is 1. The van der Waals surface area contributed by atoms with E-state index in [0.717, 1.165) is 11.3 Å². The molecular formula is C19H23NO4S. The second-order valence-electron chi connectivity index (χ2n) is 6.17. The Morgan fingerprint density at radius 3 is 2.32 bits per heavy atom. The highest BCUT2D eigenvalue weighted by molar-refractivity contribution is 7.89. The lowest BCUT2D eigenvalue weighted by atomic mass is 10.1. The van der Waals surface area contributed by atoms with E-state index in [2.05, 4.69) is 0 Å². The summed E-state index contributed by atoms with van der Waals surface area (Å²) >= 11 is 0. The van der Waals surface area contributed by atoms with Crippen LogP contribution in [0.1, 0.15) is 18.4 Å². The first-order chi connectivity index (χ1) is 12.0. The van der Waals surface area contributed by atoms with Crippen molar-refractivity contribution in [1.29, 1.82) is 0 Å². The van der Waals surface area contributed by atoms with E-state index in [1.165, 1.54) is 0 Å². The van der Waals surface area contributed by atoms with Crippen molar-refractivity contribution in [2.75, 3.05) is 20.2 Å².